The van der Waals surface area contributed by atoms with Crippen LogP contribution in [0.2, 0.25) is 0 Å². The number of nitrogens with one attached hydrogen (secondary N) is 1. The summed E-state index contributed by atoms with van der Waals surface area (Å²) in [6, 6.07) is 12.9. The maximum atomic E-state index is 12.7. The topological polar surface area (TPSA) is 77.1 Å². The second kappa shape index (κ2) is 8.88. The highest BCUT2D eigenvalue weighted by Gasteiger charge is 2.40. The van der Waals surface area contributed by atoms with Gasteiger partial charge in [-0.15, -0.1) is 0 Å². The molecule has 164 valence electrons. The van der Waals surface area contributed by atoms with E-state index in [0.29, 0.717) is 61.9 Å². The number of hydrogen-bond donors (Lipinski definition) is 1. The van der Waals surface area contributed by atoms with E-state index in [1.807, 2.05) is 50.2 Å². The average molecular weight is 424 g/mol. The minimum absolute atomic E-state index is 0.0451. The van der Waals surface area contributed by atoms with Crippen molar-refractivity contribution in [2.45, 2.75) is 32.3 Å². The lowest BCUT2D eigenvalue weighted by atomic mass is 9.91. The average Bonchev–Trinajstić information content (AvgIpc) is 2.91. The first-order valence-corrected chi connectivity index (χ1v) is 10.7. The van der Waals surface area contributed by atoms with Crippen LogP contribution in [-0.4, -0.2) is 55.2 Å². The van der Waals surface area contributed by atoms with E-state index in [0.717, 1.165) is 5.56 Å². The van der Waals surface area contributed by atoms with Crippen molar-refractivity contribution < 1.29 is 23.8 Å². The number of carbonyl (C=O) groups excluding carboxylic acids is 2. The molecule has 31 heavy (non-hydrogen) atoms. The van der Waals surface area contributed by atoms with Crippen LogP contribution in [0.3, 0.4) is 0 Å². The van der Waals surface area contributed by atoms with Crippen molar-refractivity contribution in [3.63, 3.8) is 0 Å². The fourth-order valence-electron chi connectivity index (χ4n) is 4.03. The van der Waals surface area contributed by atoms with E-state index < -0.39 is 5.60 Å². The highest BCUT2D eigenvalue weighted by Crippen LogP contribution is 2.33. The molecule has 1 N–H and O–H groups in total. The van der Waals surface area contributed by atoms with Crippen molar-refractivity contribution in [2.75, 3.05) is 32.8 Å². The first-order valence-electron chi connectivity index (χ1n) is 10.7. The smallest absolute Gasteiger partial charge is 0.260 e. The van der Waals surface area contributed by atoms with Crippen LogP contribution in [-0.2, 0) is 4.79 Å². The van der Waals surface area contributed by atoms with E-state index in [4.69, 9.17) is 14.2 Å². The molecule has 4 rings (SSSR count). The van der Waals surface area contributed by atoms with Crippen LogP contribution in [0.5, 0.6) is 17.2 Å². The highest BCUT2D eigenvalue weighted by molar-refractivity contribution is 5.97. The molecule has 2 aromatic carbocycles. The molecule has 0 bridgehead atoms. The van der Waals surface area contributed by atoms with Gasteiger partial charge in [0.1, 0.15) is 11.4 Å². The Labute approximate surface area is 182 Å². The summed E-state index contributed by atoms with van der Waals surface area (Å²) in [6.45, 7) is 5.91. The fraction of sp³-hybridized carbons (Fsp3) is 0.417. The number of para-hydroxylation sites is 1. The first-order chi connectivity index (χ1) is 15.0. The molecule has 1 fully saturated rings. The summed E-state index contributed by atoms with van der Waals surface area (Å²) in [5.41, 5.74) is 1.12. The molecule has 1 saturated heterocycles. The third-order valence-electron chi connectivity index (χ3n) is 5.81. The van der Waals surface area contributed by atoms with Gasteiger partial charge in [0.25, 0.3) is 11.8 Å². The predicted molar refractivity (Wildman–Crippen MR) is 116 cm³/mol. The summed E-state index contributed by atoms with van der Waals surface area (Å²) in [6.07, 6.45) is 1.28. The van der Waals surface area contributed by atoms with Gasteiger partial charge in [-0.1, -0.05) is 18.2 Å². The van der Waals surface area contributed by atoms with E-state index >= 15 is 0 Å². The Kier molecular flexibility index (Phi) is 6.02. The Morgan fingerprint density at radius 1 is 1.13 bits per heavy atom. The van der Waals surface area contributed by atoms with Gasteiger partial charge in [0.05, 0.1) is 18.7 Å². The fourth-order valence-corrected chi connectivity index (χ4v) is 4.03. The van der Waals surface area contributed by atoms with Crippen LogP contribution in [0.15, 0.2) is 42.5 Å². The number of rotatable bonds is 5. The van der Waals surface area contributed by atoms with E-state index in [1.54, 1.807) is 11.0 Å². The van der Waals surface area contributed by atoms with Gasteiger partial charge in [-0.25, -0.2) is 0 Å². The van der Waals surface area contributed by atoms with Gasteiger partial charge >= 0.3 is 0 Å². The Bertz CT molecular complexity index is 966. The summed E-state index contributed by atoms with van der Waals surface area (Å²) in [5, 5.41) is 2.97. The molecule has 0 saturated carbocycles. The molecule has 0 aliphatic carbocycles. The standard InChI is InChI=1S/C24H28N2O5/c1-3-29-21-14-17(2)8-9-20(21)30-15-22(27)26-12-10-24(11-13-26)16-25-23(28)18-6-4-5-7-19(18)31-24/h4-9,14H,3,10-13,15-16H2,1-2H3,(H,25,28). The number of ether oxygens (including phenoxy) is 3. The Morgan fingerprint density at radius 2 is 1.90 bits per heavy atom. The van der Waals surface area contributed by atoms with Gasteiger partial charge in [-0.2, -0.15) is 0 Å². The molecule has 0 radical (unpaired) electrons. The van der Waals surface area contributed by atoms with Crippen molar-refractivity contribution in [3.8, 4) is 17.2 Å². The van der Waals surface area contributed by atoms with Crippen molar-refractivity contribution in [3.05, 3.63) is 53.6 Å². The third kappa shape index (κ3) is 4.60. The molecular weight excluding hydrogens is 396 g/mol. The summed E-state index contributed by atoms with van der Waals surface area (Å²) < 4.78 is 17.7. The number of fused-ring (bicyclic) bond motifs is 1. The zero-order valence-electron chi connectivity index (χ0n) is 18.0. The van der Waals surface area contributed by atoms with Crippen molar-refractivity contribution in [1.29, 1.82) is 0 Å². The number of piperidine rings is 1. The lowest BCUT2D eigenvalue weighted by Gasteiger charge is -2.41. The number of carbonyl (C=O) groups is 2. The van der Waals surface area contributed by atoms with Gasteiger partial charge in [-0.3, -0.25) is 9.59 Å². The van der Waals surface area contributed by atoms with Gasteiger partial charge in [0.15, 0.2) is 18.1 Å². The Hall–Kier alpha value is -3.22. The number of nitrogens with zero attached hydrogens (tertiary/aromatic N) is 1. The van der Waals surface area contributed by atoms with E-state index in [-0.39, 0.29) is 18.4 Å². The molecule has 2 heterocycles. The van der Waals surface area contributed by atoms with Gasteiger partial charge < -0.3 is 24.4 Å². The van der Waals surface area contributed by atoms with Gasteiger partial charge in [0, 0.05) is 25.9 Å². The van der Waals surface area contributed by atoms with Crippen molar-refractivity contribution >= 4 is 11.8 Å². The van der Waals surface area contributed by atoms with Crippen molar-refractivity contribution in [1.82, 2.24) is 10.2 Å². The Morgan fingerprint density at radius 3 is 2.68 bits per heavy atom. The molecule has 7 heteroatoms. The van der Waals surface area contributed by atoms with Gasteiger partial charge in [0.2, 0.25) is 0 Å². The maximum Gasteiger partial charge on any atom is 0.260 e. The predicted octanol–water partition coefficient (Wildman–Crippen LogP) is 2.96. The third-order valence-corrected chi connectivity index (χ3v) is 5.81. The zero-order valence-corrected chi connectivity index (χ0v) is 18.0. The van der Waals surface area contributed by atoms with Crippen LogP contribution in [0.1, 0.15) is 35.7 Å². The lowest BCUT2D eigenvalue weighted by Crippen LogP contribution is -2.54. The second-order valence-electron chi connectivity index (χ2n) is 8.02. The zero-order chi connectivity index (χ0) is 21.8. The highest BCUT2D eigenvalue weighted by atomic mass is 16.5. The number of benzene rings is 2. The molecule has 2 aromatic rings. The van der Waals surface area contributed by atoms with Crippen LogP contribution in [0.4, 0.5) is 0 Å². The van der Waals surface area contributed by atoms with E-state index in [2.05, 4.69) is 5.32 Å². The molecule has 2 aliphatic rings. The van der Waals surface area contributed by atoms with Crippen LogP contribution < -0.4 is 19.5 Å². The van der Waals surface area contributed by atoms with Crippen molar-refractivity contribution in [2.24, 2.45) is 0 Å². The molecular formula is C24H28N2O5. The number of likely N-dealkylation sites (tertiary alicyclic amines) is 1. The molecule has 1 spiro atoms. The largest absolute Gasteiger partial charge is 0.490 e. The van der Waals surface area contributed by atoms with Crippen LogP contribution in [0, 0.1) is 6.92 Å². The summed E-state index contributed by atoms with van der Waals surface area (Å²) >= 11 is 0. The quantitative estimate of drug-likeness (QED) is 0.799. The monoisotopic (exact) mass is 424 g/mol. The molecule has 7 nitrogen and oxygen atoms in total. The summed E-state index contributed by atoms with van der Waals surface area (Å²) in [7, 11) is 0. The Balaban J connectivity index is 1.36. The van der Waals surface area contributed by atoms with Crippen LogP contribution in [0.25, 0.3) is 0 Å². The van der Waals surface area contributed by atoms with Crippen LogP contribution >= 0.6 is 0 Å². The summed E-state index contributed by atoms with van der Waals surface area (Å²) in [5.74, 6) is 1.62. The molecule has 0 aromatic heterocycles. The van der Waals surface area contributed by atoms with Gasteiger partial charge in [-0.05, 0) is 43.7 Å². The number of amides is 2. The summed E-state index contributed by atoms with van der Waals surface area (Å²) in [4.78, 5) is 26.9. The first kappa shape index (κ1) is 21.0. The van der Waals surface area contributed by atoms with E-state index in [1.165, 1.54) is 0 Å². The second-order valence-corrected chi connectivity index (χ2v) is 8.02. The van der Waals surface area contributed by atoms with E-state index in [9.17, 15) is 9.59 Å². The maximum absolute atomic E-state index is 12.7. The number of aryl methyl sites for hydroxylation is 1. The number of hydrogen-bond acceptors (Lipinski definition) is 5. The normalized spacial score (nSPS) is 17.2. The SMILES string of the molecule is CCOc1cc(C)ccc1OCC(=O)N1CCC2(CC1)CNC(=O)c1ccccc1O2. The minimum Gasteiger partial charge on any atom is -0.490 e. The molecule has 2 aliphatic heterocycles. The molecule has 2 amide bonds. The molecule has 0 unspecified atom stereocenters. The minimum atomic E-state index is -0.501. The molecule has 0 atom stereocenters. The lowest BCUT2D eigenvalue weighted by molar-refractivity contribution is -0.136.